The first kappa shape index (κ1) is 22.4. The fourth-order valence-electron chi connectivity index (χ4n) is 4.70. The standard InChI is InChI=1S/C23H32N4O5/c1-31-23(30)24-17-8-10-25(11-9-17)19-6-3-2-5-18(19)21(28)26-12-14-27(15-13-26)22(29)20-7-4-16-32-20/h2-3,5-6,17,20H,4,7-16H2,1H3,(H,24,30)/t20-/m0/s1. The highest BCUT2D eigenvalue weighted by molar-refractivity contribution is 6.00. The highest BCUT2D eigenvalue weighted by Crippen LogP contribution is 2.26. The molecule has 4 rings (SSSR count). The van der Waals surface area contributed by atoms with E-state index in [4.69, 9.17) is 4.74 Å². The van der Waals surface area contributed by atoms with Gasteiger partial charge in [0.05, 0.1) is 12.7 Å². The summed E-state index contributed by atoms with van der Waals surface area (Å²) in [6.45, 7) is 4.29. The van der Waals surface area contributed by atoms with Gasteiger partial charge in [-0.25, -0.2) is 4.79 Å². The zero-order valence-electron chi connectivity index (χ0n) is 18.6. The summed E-state index contributed by atoms with van der Waals surface area (Å²) in [5.41, 5.74) is 1.61. The molecule has 32 heavy (non-hydrogen) atoms. The fourth-order valence-corrected chi connectivity index (χ4v) is 4.70. The van der Waals surface area contributed by atoms with Gasteiger partial charge in [-0.3, -0.25) is 9.59 Å². The van der Waals surface area contributed by atoms with Gasteiger partial charge in [0.1, 0.15) is 6.10 Å². The van der Waals surface area contributed by atoms with Gasteiger partial charge in [-0.15, -0.1) is 0 Å². The SMILES string of the molecule is COC(=O)NC1CCN(c2ccccc2C(=O)N2CCN(C(=O)[C@@H]3CCCO3)CC2)CC1. The third-order valence-corrected chi connectivity index (χ3v) is 6.56. The van der Waals surface area contributed by atoms with Gasteiger partial charge in [-0.1, -0.05) is 12.1 Å². The van der Waals surface area contributed by atoms with Crippen molar-refractivity contribution in [1.29, 1.82) is 0 Å². The van der Waals surface area contributed by atoms with Crippen molar-refractivity contribution >= 4 is 23.6 Å². The second kappa shape index (κ2) is 10.2. The Hall–Kier alpha value is -2.81. The van der Waals surface area contributed by atoms with Crippen molar-refractivity contribution in [2.75, 3.05) is 57.9 Å². The number of rotatable bonds is 4. The van der Waals surface area contributed by atoms with E-state index < -0.39 is 6.09 Å². The number of hydrogen-bond acceptors (Lipinski definition) is 6. The van der Waals surface area contributed by atoms with Gasteiger partial charge < -0.3 is 29.5 Å². The number of carbonyl (C=O) groups excluding carboxylic acids is 3. The van der Waals surface area contributed by atoms with Crippen molar-refractivity contribution in [3.8, 4) is 0 Å². The number of alkyl carbamates (subject to hydrolysis) is 1. The highest BCUT2D eigenvalue weighted by atomic mass is 16.5. The van der Waals surface area contributed by atoms with Crippen molar-refractivity contribution in [3.63, 3.8) is 0 Å². The van der Waals surface area contributed by atoms with E-state index in [9.17, 15) is 14.4 Å². The molecule has 9 nitrogen and oxygen atoms in total. The Morgan fingerprint density at radius 2 is 1.66 bits per heavy atom. The maximum absolute atomic E-state index is 13.3. The number of carbonyl (C=O) groups is 3. The van der Waals surface area contributed by atoms with Crippen LogP contribution in [0.4, 0.5) is 10.5 Å². The van der Waals surface area contributed by atoms with Crippen molar-refractivity contribution in [2.45, 2.75) is 37.8 Å². The largest absolute Gasteiger partial charge is 0.453 e. The molecule has 3 aliphatic rings. The van der Waals surface area contributed by atoms with Crippen molar-refractivity contribution in [2.24, 2.45) is 0 Å². The Labute approximate surface area is 188 Å². The summed E-state index contributed by atoms with van der Waals surface area (Å²) in [5.74, 6) is 0.0538. The first-order chi connectivity index (χ1) is 15.6. The van der Waals surface area contributed by atoms with Crippen LogP contribution in [-0.4, -0.2) is 92.8 Å². The number of anilines is 1. The minimum atomic E-state index is -0.406. The fraction of sp³-hybridized carbons (Fsp3) is 0.609. The summed E-state index contributed by atoms with van der Waals surface area (Å²) < 4.78 is 10.2. The molecule has 0 saturated carbocycles. The average molecular weight is 445 g/mol. The molecular weight excluding hydrogens is 412 g/mol. The van der Waals surface area contributed by atoms with E-state index in [2.05, 4.69) is 15.0 Å². The van der Waals surface area contributed by atoms with Gasteiger partial charge in [0, 0.05) is 57.6 Å². The van der Waals surface area contributed by atoms with Crippen LogP contribution in [0.2, 0.25) is 0 Å². The first-order valence-corrected chi connectivity index (χ1v) is 11.4. The third-order valence-electron chi connectivity index (χ3n) is 6.56. The van der Waals surface area contributed by atoms with Crippen LogP contribution in [0.5, 0.6) is 0 Å². The monoisotopic (exact) mass is 444 g/mol. The van der Waals surface area contributed by atoms with Crippen LogP contribution in [0.1, 0.15) is 36.0 Å². The number of methoxy groups -OCH3 is 1. The Balaban J connectivity index is 1.35. The molecule has 3 amide bonds. The van der Waals surface area contributed by atoms with Crippen molar-refractivity contribution < 1.29 is 23.9 Å². The van der Waals surface area contributed by atoms with Gasteiger partial charge in [-0.05, 0) is 37.8 Å². The minimum Gasteiger partial charge on any atom is -0.453 e. The first-order valence-electron chi connectivity index (χ1n) is 11.4. The zero-order valence-corrected chi connectivity index (χ0v) is 18.6. The maximum atomic E-state index is 13.3. The summed E-state index contributed by atoms with van der Waals surface area (Å²) in [6, 6.07) is 7.78. The molecule has 1 aromatic rings. The van der Waals surface area contributed by atoms with Gasteiger partial charge in [0.2, 0.25) is 0 Å². The Morgan fingerprint density at radius 1 is 0.969 bits per heavy atom. The number of benzene rings is 1. The Kier molecular flexibility index (Phi) is 7.14. The third kappa shape index (κ3) is 4.98. The van der Waals surface area contributed by atoms with Crippen LogP contribution < -0.4 is 10.2 Å². The second-order valence-corrected chi connectivity index (χ2v) is 8.53. The van der Waals surface area contributed by atoms with Gasteiger partial charge >= 0.3 is 6.09 Å². The molecule has 0 radical (unpaired) electrons. The van der Waals surface area contributed by atoms with E-state index in [-0.39, 0.29) is 24.0 Å². The highest BCUT2D eigenvalue weighted by Gasteiger charge is 2.32. The van der Waals surface area contributed by atoms with Crippen LogP contribution >= 0.6 is 0 Å². The van der Waals surface area contributed by atoms with E-state index in [1.165, 1.54) is 7.11 Å². The molecule has 9 heteroatoms. The molecule has 0 aromatic heterocycles. The van der Waals surface area contributed by atoms with Gasteiger partial charge in [0.25, 0.3) is 11.8 Å². The lowest BCUT2D eigenvalue weighted by molar-refractivity contribution is -0.142. The summed E-state index contributed by atoms with van der Waals surface area (Å²) in [6.07, 6.45) is 2.59. The van der Waals surface area contributed by atoms with Crippen LogP contribution in [0.15, 0.2) is 24.3 Å². The predicted octanol–water partition coefficient (Wildman–Crippen LogP) is 1.47. The quantitative estimate of drug-likeness (QED) is 0.756. The van der Waals surface area contributed by atoms with Crippen LogP contribution in [0, 0.1) is 0 Å². The zero-order chi connectivity index (χ0) is 22.5. The van der Waals surface area contributed by atoms with Crippen molar-refractivity contribution in [1.82, 2.24) is 15.1 Å². The normalized spacial score (nSPS) is 22.0. The number of ether oxygens (including phenoxy) is 2. The molecule has 3 saturated heterocycles. The number of piperidine rings is 1. The lowest BCUT2D eigenvalue weighted by Gasteiger charge is -2.37. The predicted molar refractivity (Wildman–Crippen MR) is 119 cm³/mol. The number of nitrogens with one attached hydrogen (secondary N) is 1. The smallest absolute Gasteiger partial charge is 0.407 e. The van der Waals surface area contributed by atoms with Crippen LogP contribution in [-0.2, 0) is 14.3 Å². The molecule has 0 unspecified atom stereocenters. The Morgan fingerprint density at radius 3 is 2.31 bits per heavy atom. The van der Waals surface area contributed by atoms with Gasteiger partial charge in [-0.2, -0.15) is 0 Å². The topological polar surface area (TPSA) is 91.4 Å². The maximum Gasteiger partial charge on any atom is 0.407 e. The number of piperazine rings is 1. The number of para-hydroxylation sites is 1. The number of amides is 3. The summed E-state index contributed by atoms with van der Waals surface area (Å²) in [5, 5.41) is 2.86. The second-order valence-electron chi connectivity index (χ2n) is 8.53. The molecule has 1 N–H and O–H groups in total. The molecule has 1 aromatic carbocycles. The summed E-state index contributed by atoms with van der Waals surface area (Å²) in [4.78, 5) is 43.2. The average Bonchev–Trinajstić information content (AvgIpc) is 3.39. The Bertz CT molecular complexity index is 825. The molecule has 1 atom stereocenters. The molecule has 3 fully saturated rings. The molecule has 0 bridgehead atoms. The van der Waals surface area contributed by atoms with Crippen molar-refractivity contribution in [3.05, 3.63) is 29.8 Å². The molecule has 3 aliphatic heterocycles. The summed E-state index contributed by atoms with van der Waals surface area (Å²) in [7, 11) is 1.37. The summed E-state index contributed by atoms with van der Waals surface area (Å²) >= 11 is 0. The number of nitrogens with zero attached hydrogens (tertiary/aromatic N) is 3. The van der Waals surface area contributed by atoms with Crippen LogP contribution in [0.3, 0.4) is 0 Å². The minimum absolute atomic E-state index is 0.000348. The lowest BCUT2D eigenvalue weighted by atomic mass is 10.0. The van der Waals surface area contributed by atoms with E-state index in [1.807, 2.05) is 34.1 Å². The molecule has 174 valence electrons. The molecule has 3 heterocycles. The molecule has 0 aliphatic carbocycles. The van der Waals surface area contributed by atoms with Gasteiger partial charge in [0.15, 0.2) is 0 Å². The molecular formula is C23H32N4O5. The van der Waals surface area contributed by atoms with Crippen LogP contribution in [0.25, 0.3) is 0 Å². The van der Waals surface area contributed by atoms with E-state index >= 15 is 0 Å². The lowest BCUT2D eigenvalue weighted by Crippen LogP contribution is -2.53. The van der Waals surface area contributed by atoms with E-state index in [0.29, 0.717) is 38.3 Å². The van der Waals surface area contributed by atoms with E-state index in [1.54, 1.807) is 0 Å². The number of hydrogen-bond donors (Lipinski definition) is 1. The molecule has 0 spiro atoms. The van der Waals surface area contributed by atoms with E-state index in [0.717, 1.165) is 44.5 Å².